The summed E-state index contributed by atoms with van der Waals surface area (Å²) in [5, 5.41) is 2.76. The van der Waals surface area contributed by atoms with Crippen LogP contribution in [0.1, 0.15) is 21.5 Å². The Morgan fingerprint density at radius 1 is 0.920 bits per heavy atom. The monoisotopic (exact) mass is 343 g/mol. The van der Waals surface area contributed by atoms with Gasteiger partial charge in [0.2, 0.25) is 0 Å². The number of methoxy groups -OCH3 is 2. The lowest BCUT2D eigenvalue weighted by molar-refractivity contribution is -0.119. The average Bonchev–Trinajstić information content (AvgIpc) is 2.62. The molecule has 2 rings (SSSR count). The first-order valence-electron chi connectivity index (χ1n) is 7.72. The number of carbonyl (C=O) groups is 2. The summed E-state index contributed by atoms with van der Waals surface area (Å²) in [6.45, 7) is 3.39. The van der Waals surface area contributed by atoms with Crippen LogP contribution in [0, 0.1) is 13.8 Å². The van der Waals surface area contributed by atoms with Crippen molar-refractivity contribution in [1.82, 2.24) is 0 Å². The van der Waals surface area contributed by atoms with Crippen molar-refractivity contribution in [2.45, 2.75) is 13.8 Å². The molecule has 0 spiro atoms. The predicted octanol–water partition coefficient (Wildman–Crippen LogP) is 3.12. The van der Waals surface area contributed by atoms with E-state index in [4.69, 9.17) is 14.2 Å². The highest BCUT2D eigenvalue weighted by Gasteiger charge is 2.20. The molecule has 0 saturated carbocycles. The molecule has 0 aliphatic heterocycles. The summed E-state index contributed by atoms with van der Waals surface area (Å²) in [6.07, 6.45) is 0. The topological polar surface area (TPSA) is 73.9 Å². The SMILES string of the molecule is COc1cccc(OC)c1C(=O)OCC(=O)Nc1c(C)cccc1C. The van der Waals surface area contributed by atoms with E-state index in [1.807, 2.05) is 32.0 Å². The second kappa shape index (κ2) is 8.19. The quantitative estimate of drug-likeness (QED) is 0.816. The molecule has 25 heavy (non-hydrogen) atoms. The second-order valence-electron chi connectivity index (χ2n) is 5.43. The van der Waals surface area contributed by atoms with Crippen LogP contribution < -0.4 is 14.8 Å². The van der Waals surface area contributed by atoms with Gasteiger partial charge in [0.05, 0.1) is 14.2 Å². The van der Waals surface area contributed by atoms with Crippen molar-refractivity contribution in [3.8, 4) is 11.5 Å². The van der Waals surface area contributed by atoms with Gasteiger partial charge in [0.15, 0.2) is 6.61 Å². The average molecular weight is 343 g/mol. The lowest BCUT2D eigenvalue weighted by Gasteiger charge is -2.13. The van der Waals surface area contributed by atoms with Crippen LogP contribution in [0.5, 0.6) is 11.5 Å². The van der Waals surface area contributed by atoms with E-state index in [-0.39, 0.29) is 5.56 Å². The molecule has 6 nitrogen and oxygen atoms in total. The maximum absolute atomic E-state index is 12.3. The van der Waals surface area contributed by atoms with E-state index >= 15 is 0 Å². The van der Waals surface area contributed by atoms with Gasteiger partial charge < -0.3 is 19.5 Å². The minimum Gasteiger partial charge on any atom is -0.496 e. The summed E-state index contributed by atoms with van der Waals surface area (Å²) in [6, 6.07) is 10.6. The largest absolute Gasteiger partial charge is 0.496 e. The highest BCUT2D eigenvalue weighted by molar-refractivity contribution is 5.99. The second-order valence-corrected chi connectivity index (χ2v) is 5.43. The van der Waals surface area contributed by atoms with Crippen LogP contribution in [0.2, 0.25) is 0 Å². The normalized spacial score (nSPS) is 10.1. The lowest BCUT2D eigenvalue weighted by atomic mass is 10.1. The van der Waals surface area contributed by atoms with Crippen LogP contribution in [0.3, 0.4) is 0 Å². The van der Waals surface area contributed by atoms with Gasteiger partial charge in [0.25, 0.3) is 5.91 Å². The minimum atomic E-state index is -0.689. The van der Waals surface area contributed by atoms with E-state index in [0.29, 0.717) is 11.5 Å². The van der Waals surface area contributed by atoms with Gasteiger partial charge in [-0.15, -0.1) is 0 Å². The molecule has 0 fully saturated rings. The Labute approximate surface area is 146 Å². The Morgan fingerprint density at radius 3 is 1.96 bits per heavy atom. The number of hydrogen-bond acceptors (Lipinski definition) is 5. The molecular weight excluding hydrogens is 322 g/mol. The Hall–Kier alpha value is -3.02. The van der Waals surface area contributed by atoms with Crippen LogP contribution in [-0.2, 0) is 9.53 Å². The molecule has 0 unspecified atom stereocenters. The van der Waals surface area contributed by atoms with Gasteiger partial charge in [-0.25, -0.2) is 4.79 Å². The maximum Gasteiger partial charge on any atom is 0.346 e. The first-order chi connectivity index (χ1) is 12.0. The number of esters is 1. The van der Waals surface area contributed by atoms with E-state index in [2.05, 4.69) is 5.32 Å². The molecule has 0 saturated heterocycles. The van der Waals surface area contributed by atoms with Gasteiger partial charge in [-0.3, -0.25) is 4.79 Å². The third-order valence-electron chi connectivity index (χ3n) is 3.71. The molecular formula is C19H21NO5. The molecule has 2 aromatic rings. The molecule has 0 aromatic heterocycles. The molecule has 1 amide bonds. The lowest BCUT2D eigenvalue weighted by Crippen LogP contribution is -2.22. The highest BCUT2D eigenvalue weighted by atomic mass is 16.5. The number of anilines is 1. The minimum absolute atomic E-state index is 0.146. The third kappa shape index (κ3) is 4.29. The number of amides is 1. The summed E-state index contributed by atoms with van der Waals surface area (Å²) in [5.74, 6) is -0.468. The third-order valence-corrected chi connectivity index (χ3v) is 3.71. The molecule has 1 N–H and O–H groups in total. The zero-order chi connectivity index (χ0) is 18.4. The molecule has 0 heterocycles. The first kappa shape index (κ1) is 18.3. The molecule has 6 heteroatoms. The summed E-state index contributed by atoms with van der Waals surface area (Å²) < 4.78 is 15.4. The number of ether oxygens (including phenoxy) is 3. The van der Waals surface area contributed by atoms with Crippen LogP contribution >= 0.6 is 0 Å². The number of para-hydroxylation sites is 1. The van der Waals surface area contributed by atoms with E-state index in [9.17, 15) is 9.59 Å². The maximum atomic E-state index is 12.3. The fourth-order valence-electron chi connectivity index (χ4n) is 2.44. The molecule has 0 atom stereocenters. The molecule has 0 aliphatic carbocycles. The van der Waals surface area contributed by atoms with Crippen molar-refractivity contribution in [3.63, 3.8) is 0 Å². The molecule has 2 aromatic carbocycles. The molecule has 0 radical (unpaired) electrons. The molecule has 0 bridgehead atoms. The number of carbonyl (C=O) groups excluding carboxylic acids is 2. The van der Waals surface area contributed by atoms with Crippen LogP contribution in [-0.4, -0.2) is 32.7 Å². The highest BCUT2D eigenvalue weighted by Crippen LogP contribution is 2.28. The van der Waals surface area contributed by atoms with Crippen molar-refractivity contribution in [3.05, 3.63) is 53.1 Å². The van der Waals surface area contributed by atoms with Crippen molar-refractivity contribution in [2.75, 3.05) is 26.1 Å². The number of nitrogens with one attached hydrogen (secondary N) is 1. The summed E-state index contributed by atoms with van der Waals surface area (Å²) in [7, 11) is 2.89. The summed E-state index contributed by atoms with van der Waals surface area (Å²) >= 11 is 0. The van der Waals surface area contributed by atoms with Gasteiger partial charge >= 0.3 is 5.97 Å². The van der Waals surface area contributed by atoms with Gasteiger partial charge in [0.1, 0.15) is 17.1 Å². The number of rotatable bonds is 6. The van der Waals surface area contributed by atoms with Crippen molar-refractivity contribution in [1.29, 1.82) is 0 Å². The van der Waals surface area contributed by atoms with E-state index in [1.165, 1.54) is 14.2 Å². The van der Waals surface area contributed by atoms with E-state index in [0.717, 1.165) is 16.8 Å². The van der Waals surface area contributed by atoms with Crippen molar-refractivity contribution in [2.24, 2.45) is 0 Å². The Bertz CT molecular complexity index is 743. The Kier molecular flexibility index (Phi) is 6.00. The van der Waals surface area contributed by atoms with Crippen molar-refractivity contribution >= 4 is 17.6 Å². The number of aryl methyl sites for hydroxylation is 2. The number of benzene rings is 2. The summed E-state index contributed by atoms with van der Waals surface area (Å²) in [4.78, 5) is 24.4. The van der Waals surface area contributed by atoms with Crippen LogP contribution in [0.4, 0.5) is 5.69 Å². The van der Waals surface area contributed by atoms with E-state index in [1.54, 1.807) is 18.2 Å². The van der Waals surface area contributed by atoms with Crippen LogP contribution in [0.15, 0.2) is 36.4 Å². The first-order valence-corrected chi connectivity index (χ1v) is 7.72. The Morgan fingerprint density at radius 2 is 1.44 bits per heavy atom. The standard InChI is InChI=1S/C19H21NO5/c1-12-7-5-8-13(2)18(12)20-16(21)11-25-19(22)17-14(23-3)9-6-10-15(17)24-4/h5-10H,11H2,1-4H3,(H,20,21). The fourth-order valence-corrected chi connectivity index (χ4v) is 2.44. The zero-order valence-corrected chi connectivity index (χ0v) is 14.7. The smallest absolute Gasteiger partial charge is 0.346 e. The van der Waals surface area contributed by atoms with E-state index < -0.39 is 18.5 Å². The van der Waals surface area contributed by atoms with Gasteiger partial charge in [-0.2, -0.15) is 0 Å². The van der Waals surface area contributed by atoms with Gasteiger partial charge in [-0.1, -0.05) is 24.3 Å². The fraction of sp³-hybridized carbons (Fsp3) is 0.263. The predicted molar refractivity (Wildman–Crippen MR) is 94.4 cm³/mol. The van der Waals surface area contributed by atoms with Gasteiger partial charge in [-0.05, 0) is 37.1 Å². The van der Waals surface area contributed by atoms with Crippen molar-refractivity contribution < 1.29 is 23.8 Å². The Balaban J connectivity index is 2.07. The molecule has 0 aliphatic rings. The van der Waals surface area contributed by atoms with Crippen LogP contribution in [0.25, 0.3) is 0 Å². The zero-order valence-electron chi connectivity index (χ0n) is 14.7. The molecule has 132 valence electrons. The number of hydrogen-bond donors (Lipinski definition) is 1. The van der Waals surface area contributed by atoms with Gasteiger partial charge in [0, 0.05) is 5.69 Å². The summed E-state index contributed by atoms with van der Waals surface area (Å²) in [5.41, 5.74) is 2.74.